The summed E-state index contributed by atoms with van der Waals surface area (Å²) >= 11 is 0. The number of nitrogens with one attached hydrogen (secondary N) is 1. The van der Waals surface area contributed by atoms with E-state index in [0.29, 0.717) is 0 Å². The summed E-state index contributed by atoms with van der Waals surface area (Å²) in [5.41, 5.74) is 21.0. The number of carbonyl (C=O) groups is 1. The van der Waals surface area contributed by atoms with Crippen LogP contribution in [0.3, 0.4) is 0 Å². The number of anilines is 1. The smallest absolute Gasteiger partial charge is 0.260 e. The lowest BCUT2D eigenvalue weighted by Gasteiger charge is -2.10. The van der Waals surface area contributed by atoms with Crippen LogP contribution >= 0.6 is 0 Å². The van der Waals surface area contributed by atoms with Gasteiger partial charge in [0.25, 0.3) is 11.5 Å². The molecule has 0 saturated carbocycles. The summed E-state index contributed by atoms with van der Waals surface area (Å²) in [5, 5.41) is 0.219. The fourth-order valence-electron chi connectivity index (χ4n) is 1.83. The number of aromatic nitrogens is 2. The molecular formula is C12H15N7O3. The molecule has 1 heterocycles. The molecule has 1 aromatic heterocycles. The number of nitrogen functional groups attached to an aromatic ring is 1. The standard InChI is InChI=1S/C12H15N7O3/c13-9(20)6-3-7-5(10(21)19-12(16)18-7)4-8(6)22-2-1-17-11(14)15/h3-4H,1-2H2,(H2,13,20)(H4,14,15,17)(H3,16,18,19,21). The highest BCUT2D eigenvalue weighted by atomic mass is 16.5. The highest BCUT2D eigenvalue weighted by Crippen LogP contribution is 2.23. The highest BCUT2D eigenvalue weighted by molar-refractivity contribution is 5.99. The number of nitrogens with two attached hydrogens (primary N) is 4. The van der Waals surface area contributed by atoms with Crippen molar-refractivity contribution >= 4 is 28.7 Å². The van der Waals surface area contributed by atoms with Crippen LogP contribution in [0.2, 0.25) is 0 Å². The normalized spacial score (nSPS) is 10.4. The molecule has 0 unspecified atom stereocenters. The summed E-state index contributed by atoms with van der Waals surface area (Å²) in [6, 6.07) is 2.72. The van der Waals surface area contributed by atoms with Gasteiger partial charge in [0.15, 0.2) is 5.96 Å². The number of amides is 1. The van der Waals surface area contributed by atoms with Gasteiger partial charge in [0.05, 0.1) is 23.0 Å². The number of primary amides is 1. The summed E-state index contributed by atoms with van der Waals surface area (Å²) < 4.78 is 5.41. The molecule has 0 aliphatic carbocycles. The van der Waals surface area contributed by atoms with E-state index in [1.165, 1.54) is 12.1 Å². The van der Waals surface area contributed by atoms with Crippen molar-refractivity contribution in [2.45, 2.75) is 0 Å². The maximum Gasteiger partial charge on any atom is 0.260 e. The number of rotatable bonds is 5. The molecule has 10 heteroatoms. The molecular weight excluding hydrogens is 290 g/mol. The summed E-state index contributed by atoms with van der Waals surface area (Å²) in [6.07, 6.45) is 0. The first kappa shape index (κ1) is 15.1. The molecule has 0 saturated heterocycles. The number of carbonyl (C=O) groups excluding carboxylic acids is 1. The van der Waals surface area contributed by atoms with Gasteiger partial charge >= 0.3 is 0 Å². The van der Waals surface area contributed by atoms with Gasteiger partial charge in [-0.25, -0.2) is 4.98 Å². The Labute approximate surface area is 124 Å². The van der Waals surface area contributed by atoms with Crippen LogP contribution in [0.5, 0.6) is 5.75 Å². The molecule has 22 heavy (non-hydrogen) atoms. The van der Waals surface area contributed by atoms with Crippen molar-refractivity contribution in [2.75, 3.05) is 18.9 Å². The molecule has 2 aromatic rings. The molecule has 0 spiro atoms. The van der Waals surface area contributed by atoms with E-state index >= 15 is 0 Å². The molecule has 10 nitrogen and oxygen atoms in total. The van der Waals surface area contributed by atoms with Crippen molar-refractivity contribution in [1.29, 1.82) is 0 Å². The van der Waals surface area contributed by atoms with Crippen LogP contribution in [0, 0.1) is 0 Å². The van der Waals surface area contributed by atoms with Gasteiger partial charge in [-0.15, -0.1) is 0 Å². The van der Waals surface area contributed by atoms with Crippen molar-refractivity contribution in [1.82, 2.24) is 9.97 Å². The summed E-state index contributed by atoms with van der Waals surface area (Å²) in [7, 11) is 0. The topological polar surface area (TPSA) is 188 Å². The molecule has 0 bridgehead atoms. The van der Waals surface area contributed by atoms with Gasteiger partial charge in [0.2, 0.25) is 5.95 Å². The fourth-order valence-corrected chi connectivity index (χ4v) is 1.83. The van der Waals surface area contributed by atoms with Crippen LogP contribution < -0.4 is 33.2 Å². The number of aliphatic imine (C=N–C) groups is 1. The molecule has 0 aliphatic rings. The van der Waals surface area contributed by atoms with E-state index in [4.69, 9.17) is 27.7 Å². The van der Waals surface area contributed by atoms with E-state index in [2.05, 4.69) is 15.0 Å². The Morgan fingerprint density at radius 2 is 2.05 bits per heavy atom. The number of hydrogen-bond acceptors (Lipinski definition) is 6. The summed E-state index contributed by atoms with van der Waals surface area (Å²) in [6.45, 7) is 0.291. The predicted octanol–water partition coefficient (Wildman–Crippen LogP) is -1.74. The number of ether oxygens (including phenoxy) is 1. The third-order valence-corrected chi connectivity index (χ3v) is 2.73. The highest BCUT2D eigenvalue weighted by Gasteiger charge is 2.14. The van der Waals surface area contributed by atoms with E-state index in [9.17, 15) is 9.59 Å². The van der Waals surface area contributed by atoms with Crippen LogP contribution in [-0.4, -0.2) is 35.0 Å². The first-order valence-electron chi connectivity index (χ1n) is 6.20. The Balaban J connectivity index is 2.43. The predicted molar refractivity (Wildman–Crippen MR) is 81.5 cm³/mol. The third-order valence-electron chi connectivity index (χ3n) is 2.73. The third kappa shape index (κ3) is 3.23. The van der Waals surface area contributed by atoms with E-state index in [1.807, 2.05) is 0 Å². The van der Waals surface area contributed by atoms with E-state index < -0.39 is 11.5 Å². The molecule has 2 rings (SSSR count). The number of aromatic amines is 1. The Morgan fingerprint density at radius 1 is 1.32 bits per heavy atom. The Kier molecular flexibility index (Phi) is 4.11. The van der Waals surface area contributed by atoms with E-state index in [0.717, 1.165) is 0 Å². The Bertz CT molecular complexity index is 808. The average molecular weight is 305 g/mol. The van der Waals surface area contributed by atoms with Crippen molar-refractivity contribution in [2.24, 2.45) is 22.2 Å². The SMILES string of the molecule is NC(=O)c1cc2nc(N)[nH]c(=O)c2cc1OCCN=C(N)N. The lowest BCUT2D eigenvalue weighted by Crippen LogP contribution is -2.24. The zero-order chi connectivity index (χ0) is 16.3. The van der Waals surface area contributed by atoms with Crippen molar-refractivity contribution in [3.8, 4) is 5.75 Å². The number of guanidine groups is 1. The summed E-state index contributed by atoms with van der Waals surface area (Å²) in [4.78, 5) is 33.4. The molecule has 0 aliphatic heterocycles. The van der Waals surface area contributed by atoms with Crippen molar-refractivity contribution in [3.63, 3.8) is 0 Å². The maximum atomic E-state index is 11.9. The number of benzene rings is 1. The lowest BCUT2D eigenvalue weighted by atomic mass is 10.1. The minimum Gasteiger partial charge on any atom is -0.491 e. The number of hydrogen-bond donors (Lipinski definition) is 5. The zero-order valence-corrected chi connectivity index (χ0v) is 11.5. The minimum atomic E-state index is -0.723. The van der Waals surface area contributed by atoms with Gasteiger partial charge in [0.1, 0.15) is 12.4 Å². The second kappa shape index (κ2) is 5.99. The minimum absolute atomic E-state index is 0.0608. The maximum absolute atomic E-state index is 11.9. The van der Waals surface area contributed by atoms with Gasteiger partial charge in [0, 0.05) is 0 Å². The van der Waals surface area contributed by atoms with E-state index in [1.54, 1.807) is 0 Å². The zero-order valence-electron chi connectivity index (χ0n) is 11.5. The lowest BCUT2D eigenvalue weighted by molar-refractivity contribution is 0.0996. The van der Waals surface area contributed by atoms with E-state index in [-0.39, 0.29) is 47.3 Å². The molecule has 0 atom stereocenters. The first-order valence-corrected chi connectivity index (χ1v) is 6.20. The van der Waals surface area contributed by atoms with Crippen LogP contribution in [-0.2, 0) is 0 Å². The van der Waals surface area contributed by atoms with Crippen LogP contribution in [0.1, 0.15) is 10.4 Å². The quantitative estimate of drug-likeness (QED) is 0.246. The average Bonchev–Trinajstić information content (AvgIpc) is 2.42. The second-order valence-electron chi connectivity index (χ2n) is 4.34. The molecule has 9 N–H and O–H groups in total. The van der Waals surface area contributed by atoms with Gasteiger partial charge in [-0.2, -0.15) is 0 Å². The van der Waals surface area contributed by atoms with Crippen LogP contribution in [0.25, 0.3) is 10.9 Å². The van der Waals surface area contributed by atoms with Gasteiger partial charge in [-0.05, 0) is 12.1 Å². The Hall–Kier alpha value is -3.30. The number of nitrogens with zero attached hydrogens (tertiary/aromatic N) is 2. The molecule has 0 radical (unpaired) electrons. The molecule has 1 aromatic carbocycles. The van der Waals surface area contributed by atoms with Gasteiger partial charge < -0.3 is 27.7 Å². The van der Waals surface area contributed by atoms with Crippen molar-refractivity contribution in [3.05, 3.63) is 28.0 Å². The molecule has 116 valence electrons. The molecule has 0 fully saturated rings. The monoisotopic (exact) mass is 305 g/mol. The first-order chi connectivity index (χ1) is 10.4. The Morgan fingerprint density at radius 3 is 2.68 bits per heavy atom. The van der Waals surface area contributed by atoms with Crippen LogP contribution in [0.4, 0.5) is 5.95 Å². The van der Waals surface area contributed by atoms with Crippen molar-refractivity contribution < 1.29 is 9.53 Å². The largest absolute Gasteiger partial charge is 0.491 e. The van der Waals surface area contributed by atoms with Gasteiger partial charge in [-0.3, -0.25) is 19.6 Å². The summed E-state index contributed by atoms with van der Waals surface area (Å²) in [5.74, 6) is -0.718. The number of fused-ring (bicyclic) bond motifs is 1. The van der Waals surface area contributed by atoms with Gasteiger partial charge in [-0.1, -0.05) is 0 Å². The fraction of sp³-hybridized carbons (Fsp3) is 0.167. The second-order valence-corrected chi connectivity index (χ2v) is 4.34. The number of H-pyrrole nitrogens is 1. The van der Waals surface area contributed by atoms with Crippen LogP contribution in [0.15, 0.2) is 21.9 Å². The molecule has 1 amide bonds.